The highest BCUT2D eigenvalue weighted by Gasteiger charge is 2.29. The van der Waals surface area contributed by atoms with Gasteiger partial charge < -0.3 is 10.2 Å². The predicted octanol–water partition coefficient (Wildman–Crippen LogP) is 8.44. The number of nitrogens with zero attached hydrogens (tertiary/aromatic N) is 2. The molecule has 0 aliphatic carbocycles. The van der Waals surface area contributed by atoms with Gasteiger partial charge in [-0.15, -0.1) is 0 Å². The number of benzene rings is 4. The number of phenolic OH excluding ortho intramolecular Hbond substituents is 2. The van der Waals surface area contributed by atoms with Gasteiger partial charge in [-0.2, -0.15) is 0 Å². The molecule has 0 spiro atoms. The van der Waals surface area contributed by atoms with E-state index in [2.05, 4.69) is 99.9 Å². The van der Waals surface area contributed by atoms with Crippen LogP contribution in [0.3, 0.4) is 0 Å². The predicted molar refractivity (Wildman–Crippen MR) is 172 cm³/mol. The van der Waals surface area contributed by atoms with E-state index in [-0.39, 0.29) is 0 Å². The van der Waals surface area contributed by atoms with Crippen LogP contribution in [0.2, 0.25) is 0 Å². The van der Waals surface area contributed by atoms with Gasteiger partial charge in [-0.1, -0.05) is 102 Å². The van der Waals surface area contributed by atoms with Gasteiger partial charge in [0.15, 0.2) is 0 Å². The van der Waals surface area contributed by atoms with Gasteiger partial charge in [0.25, 0.3) is 0 Å². The van der Waals surface area contributed by atoms with Crippen LogP contribution in [0.5, 0.6) is 11.5 Å². The molecule has 0 aliphatic rings. The van der Waals surface area contributed by atoms with Crippen LogP contribution in [0.4, 0.5) is 0 Å². The number of hydrogen-bond donors (Lipinski definition) is 2. The minimum atomic E-state index is -0.398. The van der Waals surface area contributed by atoms with Crippen molar-refractivity contribution in [3.63, 3.8) is 0 Å². The lowest BCUT2D eigenvalue weighted by molar-refractivity contribution is 0.290. The van der Waals surface area contributed by atoms with Crippen LogP contribution in [0.15, 0.2) is 84.9 Å². The average Bonchev–Trinajstić information content (AvgIpc) is 3.00. The monoisotopic (exact) mass is 550 g/mol. The van der Waals surface area contributed by atoms with E-state index >= 15 is 0 Å². The first-order chi connectivity index (χ1) is 19.7. The Balaban J connectivity index is 1.93. The summed E-state index contributed by atoms with van der Waals surface area (Å²) in [5, 5.41) is 23.0. The third-order valence-electron chi connectivity index (χ3n) is 8.57. The summed E-state index contributed by atoms with van der Waals surface area (Å²) in [4.78, 5) is 4.66. The summed E-state index contributed by atoms with van der Waals surface area (Å²) >= 11 is 0. The summed E-state index contributed by atoms with van der Waals surface area (Å²) in [5.41, 5.74) is 7.44. The standard InChI is InChI=1S/C37H46N2O2/c1-7-38(8-2)25-29-21-31(23-33(35(29)40)27-17-13-11-14-18-27)37(5,6)32-22-30(26-39(9-3)10-4)36(41)34(24-32)28-19-15-12-16-20-28/h11-24,40-41H,7-10,25-26H2,1-6H3. The summed E-state index contributed by atoms with van der Waals surface area (Å²) in [6, 6.07) is 29.0. The van der Waals surface area contributed by atoms with Crippen molar-refractivity contribution in [3.05, 3.63) is 107 Å². The second-order valence-corrected chi connectivity index (χ2v) is 11.3. The molecular formula is C37H46N2O2. The van der Waals surface area contributed by atoms with Crippen LogP contribution >= 0.6 is 0 Å². The molecule has 0 saturated carbocycles. The van der Waals surface area contributed by atoms with Gasteiger partial charge in [0.05, 0.1) is 0 Å². The molecule has 0 bridgehead atoms. The van der Waals surface area contributed by atoms with Gasteiger partial charge >= 0.3 is 0 Å². The fraction of sp³-hybridized carbons (Fsp3) is 0.351. The van der Waals surface area contributed by atoms with Crippen molar-refractivity contribution in [2.45, 2.75) is 60.0 Å². The molecule has 0 unspecified atom stereocenters. The molecule has 0 aromatic heterocycles. The smallest absolute Gasteiger partial charge is 0.127 e. The summed E-state index contributed by atoms with van der Waals surface area (Å²) in [6.45, 7) is 18.1. The third kappa shape index (κ3) is 6.66. The van der Waals surface area contributed by atoms with E-state index in [1.807, 2.05) is 36.4 Å². The van der Waals surface area contributed by atoms with Gasteiger partial charge in [-0.3, -0.25) is 9.80 Å². The fourth-order valence-electron chi connectivity index (χ4n) is 5.57. The Morgan fingerprint density at radius 1 is 0.537 bits per heavy atom. The molecule has 0 saturated heterocycles. The number of rotatable bonds is 12. The first-order valence-electron chi connectivity index (χ1n) is 15.0. The minimum absolute atomic E-state index is 0.348. The summed E-state index contributed by atoms with van der Waals surface area (Å²) in [7, 11) is 0. The fourth-order valence-corrected chi connectivity index (χ4v) is 5.57. The Bertz CT molecular complexity index is 1310. The molecule has 0 amide bonds. The Hall–Kier alpha value is -3.60. The highest BCUT2D eigenvalue weighted by atomic mass is 16.3. The van der Waals surface area contributed by atoms with E-state index in [1.54, 1.807) is 0 Å². The van der Waals surface area contributed by atoms with Crippen molar-refractivity contribution in [2.24, 2.45) is 0 Å². The van der Waals surface area contributed by atoms with Crippen molar-refractivity contribution in [1.82, 2.24) is 9.80 Å². The van der Waals surface area contributed by atoms with Gasteiger partial charge in [-0.05, 0) is 72.7 Å². The van der Waals surface area contributed by atoms with Crippen molar-refractivity contribution >= 4 is 0 Å². The second kappa shape index (κ2) is 13.4. The zero-order valence-corrected chi connectivity index (χ0v) is 25.6. The molecule has 4 rings (SSSR count). The lowest BCUT2D eigenvalue weighted by Gasteiger charge is -2.31. The molecule has 0 radical (unpaired) electrons. The normalized spacial score (nSPS) is 11.9. The van der Waals surface area contributed by atoms with Crippen LogP contribution in [0, 0.1) is 0 Å². The zero-order chi connectivity index (χ0) is 29.6. The molecule has 4 aromatic carbocycles. The van der Waals surface area contributed by atoms with Crippen molar-refractivity contribution < 1.29 is 10.2 Å². The van der Waals surface area contributed by atoms with Crippen LogP contribution in [-0.2, 0) is 18.5 Å². The van der Waals surface area contributed by atoms with Crippen molar-refractivity contribution in [2.75, 3.05) is 26.2 Å². The van der Waals surface area contributed by atoms with Gasteiger partial charge in [0.1, 0.15) is 11.5 Å². The minimum Gasteiger partial charge on any atom is -0.507 e. The number of phenols is 2. The first kappa shape index (κ1) is 30.4. The van der Waals surface area contributed by atoms with E-state index in [0.717, 1.165) is 70.7 Å². The molecule has 4 heteroatoms. The Morgan fingerprint density at radius 2 is 0.878 bits per heavy atom. The molecule has 4 aromatic rings. The molecule has 0 heterocycles. The quantitative estimate of drug-likeness (QED) is 0.186. The lowest BCUT2D eigenvalue weighted by atomic mass is 9.75. The highest BCUT2D eigenvalue weighted by molar-refractivity contribution is 5.75. The van der Waals surface area contributed by atoms with Crippen molar-refractivity contribution in [3.8, 4) is 33.8 Å². The maximum absolute atomic E-state index is 11.5. The molecule has 4 nitrogen and oxygen atoms in total. The Kier molecular flexibility index (Phi) is 9.90. The first-order valence-corrected chi connectivity index (χ1v) is 15.0. The second-order valence-electron chi connectivity index (χ2n) is 11.3. The highest BCUT2D eigenvalue weighted by Crippen LogP contribution is 2.43. The molecule has 216 valence electrons. The van der Waals surface area contributed by atoms with Crippen molar-refractivity contribution in [1.29, 1.82) is 0 Å². The topological polar surface area (TPSA) is 46.9 Å². The lowest BCUT2D eigenvalue weighted by Crippen LogP contribution is -2.25. The molecule has 41 heavy (non-hydrogen) atoms. The van der Waals surface area contributed by atoms with Crippen LogP contribution in [0.25, 0.3) is 22.3 Å². The summed E-state index contributed by atoms with van der Waals surface area (Å²) < 4.78 is 0. The van der Waals surface area contributed by atoms with Gasteiger partial charge in [0, 0.05) is 40.8 Å². The largest absolute Gasteiger partial charge is 0.507 e. The number of hydrogen-bond acceptors (Lipinski definition) is 4. The van der Waals surface area contributed by atoms with Crippen LogP contribution < -0.4 is 0 Å². The van der Waals surface area contributed by atoms with E-state index < -0.39 is 5.41 Å². The summed E-state index contributed by atoms with van der Waals surface area (Å²) in [5.74, 6) is 0.695. The van der Waals surface area contributed by atoms with E-state index in [0.29, 0.717) is 24.6 Å². The Labute approximate surface area is 246 Å². The third-order valence-corrected chi connectivity index (χ3v) is 8.57. The van der Waals surface area contributed by atoms with Crippen LogP contribution in [-0.4, -0.2) is 46.2 Å². The van der Waals surface area contributed by atoms with Gasteiger partial charge in [-0.25, -0.2) is 0 Å². The number of aromatic hydroxyl groups is 2. The molecule has 2 N–H and O–H groups in total. The Morgan fingerprint density at radius 3 is 1.20 bits per heavy atom. The molecule has 0 fully saturated rings. The van der Waals surface area contributed by atoms with E-state index in [4.69, 9.17) is 0 Å². The van der Waals surface area contributed by atoms with Gasteiger partial charge in [0.2, 0.25) is 0 Å². The maximum Gasteiger partial charge on any atom is 0.127 e. The average molecular weight is 551 g/mol. The maximum atomic E-state index is 11.5. The van der Waals surface area contributed by atoms with E-state index in [9.17, 15) is 10.2 Å². The van der Waals surface area contributed by atoms with E-state index in [1.165, 1.54) is 0 Å². The summed E-state index contributed by atoms with van der Waals surface area (Å²) in [6.07, 6.45) is 0. The molecular weight excluding hydrogens is 504 g/mol. The SMILES string of the molecule is CCN(CC)Cc1cc(C(C)(C)c2cc(CN(CC)CC)c(O)c(-c3ccccc3)c2)cc(-c2ccccc2)c1O. The molecule has 0 aliphatic heterocycles. The van der Waals surface area contributed by atoms with Crippen LogP contribution in [0.1, 0.15) is 63.8 Å². The molecule has 0 atom stereocenters. The zero-order valence-electron chi connectivity index (χ0n) is 25.6.